The van der Waals surface area contributed by atoms with Crippen molar-refractivity contribution in [3.05, 3.63) is 59.8 Å². The predicted molar refractivity (Wildman–Crippen MR) is 150 cm³/mol. The monoisotopic (exact) mass is 594 g/mol. The fourth-order valence-corrected chi connectivity index (χ4v) is 4.98. The van der Waals surface area contributed by atoms with Crippen LogP contribution in [0.5, 0.6) is 0 Å². The molecule has 43 heavy (non-hydrogen) atoms. The zero-order chi connectivity index (χ0) is 30.7. The number of nitrogens with zero attached hydrogens (tertiary/aromatic N) is 6. The normalized spacial score (nSPS) is 16.4. The van der Waals surface area contributed by atoms with Crippen molar-refractivity contribution >= 4 is 29.0 Å². The van der Waals surface area contributed by atoms with Crippen molar-refractivity contribution in [2.75, 3.05) is 18.4 Å². The summed E-state index contributed by atoms with van der Waals surface area (Å²) >= 11 is 0. The largest absolute Gasteiger partial charge is 0.435 e. The first-order valence-electron chi connectivity index (χ1n) is 13.6. The molecule has 0 bridgehead atoms. The zero-order valence-electron chi connectivity index (χ0n) is 23.1. The van der Waals surface area contributed by atoms with Crippen molar-refractivity contribution in [1.29, 1.82) is 5.26 Å². The van der Waals surface area contributed by atoms with Crippen LogP contribution in [0.25, 0.3) is 16.9 Å². The Kier molecular flexibility index (Phi) is 8.31. The minimum absolute atomic E-state index is 0.0521. The number of nitrogens with two attached hydrogens (primary N) is 1. The number of amides is 2. The molecule has 0 atom stereocenters. The molecule has 0 saturated heterocycles. The number of aryl methyl sites for hydroxylation is 1. The summed E-state index contributed by atoms with van der Waals surface area (Å²) in [4.78, 5) is 33.5. The molecule has 3 aromatic heterocycles. The molecule has 1 fully saturated rings. The molecule has 224 valence electrons. The van der Waals surface area contributed by atoms with Crippen LogP contribution in [-0.2, 0) is 23.9 Å². The molecular weight excluding hydrogens is 565 g/mol. The van der Waals surface area contributed by atoms with Gasteiger partial charge in [0.05, 0.1) is 23.5 Å². The maximum Gasteiger partial charge on any atom is 0.435 e. The number of anilines is 2. The van der Waals surface area contributed by atoms with E-state index in [4.69, 9.17) is 11.0 Å². The molecule has 5 rings (SSSR count). The molecular formula is C28H29F3N10O2. The number of rotatable bonds is 10. The number of aromatic nitrogens is 5. The van der Waals surface area contributed by atoms with Gasteiger partial charge < -0.3 is 21.7 Å². The molecule has 1 aliphatic carbocycles. The van der Waals surface area contributed by atoms with E-state index in [1.54, 1.807) is 24.3 Å². The summed E-state index contributed by atoms with van der Waals surface area (Å²) in [5.41, 5.74) is 6.62. The highest BCUT2D eigenvalue weighted by molar-refractivity contribution is 5.96. The van der Waals surface area contributed by atoms with Crippen LogP contribution >= 0.6 is 0 Å². The number of nitrogens with one attached hydrogen (secondary N) is 3. The molecule has 1 aliphatic rings. The van der Waals surface area contributed by atoms with Crippen LogP contribution in [0.4, 0.5) is 24.7 Å². The lowest BCUT2D eigenvalue weighted by Crippen LogP contribution is -2.46. The Morgan fingerprint density at radius 2 is 1.95 bits per heavy atom. The SMILES string of the molecule is CCc1cc(Nc2nccn3c(-c4cn(CC#N)nc4C(F)(F)F)cnc23)ccc1C(=O)NCCNC(=O)C1CC(N)C1. The van der Waals surface area contributed by atoms with Crippen LogP contribution in [0, 0.1) is 17.2 Å². The number of imidazole rings is 1. The van der Waals surface area contributed by atoms with Crippen LogP contribution in [0.1, 0.15) is 41.4 Å². The average Bonchev–Trinajstić information content (AvgIpc) is 3.58. The van der Waals surface area contributed by atoms with Crippen molar-refractivity contribution in [2.45, 2.75) is 44.9 Å². The molecule has 15 heteroatoms. The lowest BCUT2D eigenvalue weighted by atomic mass is 9.80. The summed E-state index contributed by atoms with van der Waals surface area (Å²) in [6, 6.07) is 7.02. The molecule has 12 nitrogen and oxygen atoms in total. The molecule has 1 aromatic carbocycles. The van der Waals surface area contributed by atoms with Gasteiger partial charge in [0.15, 0.2) is 17.2 Å². The molecule has 3 heterocycles. The molecule has 0 aliphatic heterocycles. The number of carbonyl (C=O) groups excluding carboxylic acids is 2. The van der Waals surface area contributed by atoms with Crippen LogP contribution in [-0.4, -0.2) is 55.1 Å². The van der Waals surface area contributed by atoms with E-state index in [9.17, 15) is 22.8 Å². The first-order chi connectivity index (χ1) is 20.6. The maximum atomic E-state index is 13.7. The van der Waals surface area contributed by atoms with E-state index in [-0.39, 0.29) is 59.6 Å². The van der Waals surface area contributed by atoms with Crippen LogP contribution in [0.3, 0.4) is 0 Å². The maximum absolute atomic E-state index is 13.7. The van der Waals surface area contributed by atoms with Gasteiger partial charge in [0.1, 0.15) is 6.54 Å². The van der Waals surface area contributed by atoms with Crippen molar-refractivity contribution in [3.8, 4) is 17.3 Å². The highest BCUT2D eigenvalue weighted by Crippen LogP contribution is 2.37. The third-order valence-corrected chi connectivity index (χ3v) is 7.22. The molecule has 0 radical (unpaired) electrons. The molecule has 5 N–H and O–H groups in total. The quantitative estimate of drug-likeness (QED) is 0.203. The fraction of sp³-hybridized carbons (Fsp3) is 0.357. The number of hydrogen-bond donors (Lipinski definition) is 4. The smallest absolute Gasteiger partial charge is 0.354 e. The average molecular weight is 595 g/mol. The van der Waals surface area contributed by atoms with E-state index in [0.717, 1.165) is 10.2 Å². The zero-order valence-corrected chi connectivity index (χ0v) is 23.1. The third kappa shape index (κ3) is 6.28. The van der Waals surface area contributed by atoms with Crippen molar-refractivity contribution in [1.82, 2.24) is 34.8 Å². The van der Waals surface area contributed by atoms with Gasteiger partial charge in [-0.15, -0.1) is 0 Å². The number of carbonyl (C=O) groups is 2. The number of benzene rings is 1. The Morgan fingerprint density at radius 3 is 2.65 bits per heavy atom. The number of nitriles is 1. The summed E-state index contributed by atoms with van der Waals surface area (Å²) < 4.78 is 43.6. The number of halogens is 3. The summed E-state index contributed by atoms with van der Waals surface area (Å²) in [6.45, 7) is 2.15. The number of hydrogen-bond acceptors (Lipinski definition) is 8. The van der Waals surface area contributed by atoms with Gasteiger partial charge in [-0.05, 0) is 43.0 Å². The Bertz CT molecular complexity index is 1700. The standard InChI is InChI=1S/C28H29F3N10O2/c1-2-16-13-19(3-4-20(16)27(43)36-7-6-35-26(42)17-11-18(33)12-17)38-24-25-37-14-22(41(25)10-8-34-24)21-15-40(9-5-32)39-23(21)28(29,30)31/h3-4,8,10,13-15,17-18H,2,6-7,9,11-12,33H2,1H3,(H,34,38)(H,35,42)(H,36,43). The van der Waals surface area contributed by atoms with E-state index < -0.39 is 11.9 Å². The van der Waals surface area contributed by atoms with Crippen LogP contribution < -0.4 is 21.7 Å². The second kappa shape index (κ2) is 12.1. The summed E-state index contributed by atoms with van der Waals surface area (Å²) in [6.07, 6.45) is 2.54. The van der Waals surface area contributed by atoms with E-state index >= 15 is 0 Å². The first-order valence-corrected chi connectivity index (χ1v) is 13.6. The third-order valence-electron chi connectivity index (χ3n) is 7.22. The van der Waals surface area contributed by atoms with Crippen LogP contribution in [0.15, 0.2) is 43.0 Å². The minimum Gasteiger partial charge on any atom is -0.354 e. The van der Waals surface area contributed by atoms with Gasteiger partial charge in [-0.25, -0.2) is 9.97 Å². The predicted octanol–water partition coefficient (Wildman–Crippen LogP) is 3.02. The van der Waals surface area contributed by atoms with Gasteiger partial charge >= 0.3 is 6.18 Å². The Balaban J connectivity index is 1.30. The van der Waals surface area contributed by atoms with E-state index in [2.05, 4.69) is 31.0 Å². The molecule has 2 amide bonds. The van der Waals surface area contributed by atoms with E-state index in [0.29, 0.717) is 37.1 Å². The van der Waals surface area contributed by atoms with Crippen LogP contribution in [0.2, 0.25) is 0 Å². The Morgan fingerprint density at radius 1 is 1.19 bits per heavy atom. The fourth-order valence-electron chi connectivity index (χ4n) is 4.98. The van der Waals surface area contributed by atoms with Gasteiger partial charge in [-0.3, -0.25) is 18.7 Å². The Labute approximate surface area is 244 Å². The van der Waals surface area contributed by atoms with Gasteiger partial charge in [0.25, 0.3) is 5.91 Å². The first kappa shape index (κ1) is 29.5. The minimum atomic E-state index is -4.74. The molecule has 0 unspecified atom stereocenters. The van der Waals surface area contributed by atoms with E-state index in [1.165, 1.54) is 29.2 Å². The number of alkyl halides is 3. The van der Waals surface area contributed by atoms with Gasteiger partial charge in [-0.1, -0.05) is 6.92 Å². The van der Waals surface area contributed by atoms with Gasteiger partial charge in [0, 0.05) is 54.9 Å². The van der Waals surface area contributed by atoms with Crippen molar-refractivity contribution < 1.29 is 22.8 Å². The summed E-state index contributed by atoms with van der Waals surface area (Å²) in [7, 11) is 0. The molecule has 1 saturated carbocycles. The second-order valence-corrected chi connectivity index (χ2v) is 10.2. The second-order valence-electron chi connectivity index (χ2n) is 10.2. The molecule has 0 spiro atoms. The van der Waals surface area contributed by atoms with Crippen molar-refractivity contribution in [3.63, 3.8) is 0 Å². The lowest BCUT2D eigenvalue weighted by molar-refractivity contribution is -0.141. The summed E-state index contributed by atoms with van der Waals surface area (Å²) in [5, 5.41) is 21.3. The Hall–Kier alpha value is -4.97. The van der Waals surface area contributed by atoms with Gasteiger partial charge in [-0.2, -0.15) is 23.5 Å². The number of fused-ring (bicyclic) bond motifs is 1. The topological polar surface area (TPSA) is 168 Å². The van der Waals surface area contributed by atoms with Crippen molar-refractivity contribution in [2.24, 2.45) is 11.7 Å². The molecule has 4 aromatic rings. The van der Waals surface area contributed by atoms with E-state index in [1.807, 2.05) is 6.92 Å². The highest BCUT2D eigenvalue weighted by atomic mass is 19.4. The summed E-state index contributed by atoms with van der Waals surface area (Å²) in [5.74, 6) is -0.103. The van der Waals surface area contributed by atoms with Gasteiger partial charge in [0.2, 0.25) is 5.91 Å². The highest BCUT2D eigenvalue weighted by Gasteiger charge is 2.38. The lowest BCUT2D eigenvalue weighted by Gasteiger charge is -2.31.